The molecular formula is C10H13N3O2S. The molecule has 0 amide bonds. The number of sulfonamides is 1. The fourth-order valence-corrected chi connectivity index (χ4v) is 1.88. The summed E-state index contributed by atoms with van der Waals surface area (Å²) in [5.41, 5.74) is 1.35. The second-order valence-electron chi connectivity index (χ2n) is 3.46. The molecule has 86 valence electrons. The first-order chi connectivity index (χ1) is 7.44. The molecule has 0 saturated heterocycles. The first-order valence-electron chi connectivity index (χ1n) is 4.59. The summed E-state index contributed by atoms with van der Waals surface area (Å²) >= 11 is 0. The van der Waals surface area contributed by atoms with Gasteiger partial charge in [-0.15, -0.1) is 0 Å². The minimum Gasteiger partial charge on any atom is -0.378 e. The zero-order chi connectivity index (χ0) is 12.2. The quantitative estimate of drug-likeness (QED) is 0.851. The topological polar surface area (TPSA) is 73.2 Å². The standard InChI is InChI=1S/C10H13N3O2S/c1-13(2)10-5-3-4-9(8-10)12-16(14,15)7-6-11/h3-5,8,12H,7H2,1-2H3. The highest BCUT2D eigenvalue weighted by Gasteiger charge is 2.09. The Morgan fingerprint density at radius 3 is 2.69 bits per heavy atom. The molecule has 0 spiro atoms. The van der Waals surface area contributed by atoms with E-state index in [2.05, 4.69) is 4.72 Å². The molecule has 1 rings (SSSR count). The lowest BCUT2D eigenvalue weighted by molar-refractivity contribution is 0.604. The maximum Gasteiger partial charge on any atom is 0.246 e. The average molecular weight is 239 g/mol. The van der Waals surface area contributed by atoms with Crippen molar-refractivity contribution in [1.29, 1.82) is 5.26 Å². The van der Waals surface area contributed by atoms with Gasteiger partial charge in [0.2, 0.25) is 10.0 Å². The van der Waals surface area contributed by atoms with Crippen LogP contribution < -0.4 is 9.62 Å². The van der Waals surface area contributed by atoms with Gasteiger partial charge in [0.05, 0.1) is 11.8 Å². The Labute approximate surface area is 95.4 Å². The predicted octanol–water partition coefficient (Wildman–Crippen LogP) is 1.02. The van der Waals surface area contributed by atoms with E-state index in [-0.39, 0.29) is 0 Å². The van der Waals surface area contributed by atoms with Crippen molar-refractivity contribution in [2.24, 2.45) is 0 Å². The Bertz CT molecular complexity index is 503. The van der Waals surface area contributed by atoms with Crippen molar-refractivity contribution in [3.8, 4) is 6.07 Å². The summed E-state index contributed by atoms with van der Waals surface area (Å²) in [4.78, 5) is 1.86. The van der Waals surface area contributed by atoms with Gasteiger partial charge in [0.1, 0.15) is 0 Å². The fourth-order valence-electron chi connectivity index (χ4n) is 1.15. The Balaban J connectivity index is 2.91. The van der Waals surface area contributed by atoms with Crippen molar-refractivity contribution in [2.45, 2.75) is 0 Å². The number of nitrogens with zero attached hydrogens (tertiary/aromatic N) is 2. The van der Waals surface area contributed by atoms with Crippen molar-refractivity contribution < 1.29 is 8.42 Å². The average Bonchev–Trinajstić information content (AvgIpc) is 2.17. The molecule has 5 nitrogen and oxygen atoms in total. The second-order valence-corrected chi connectivity index (χ2v) is 5.19. The summed E-state index contributed by atoms with van der Waals surface area (Å²) in [6, 6.07) is 8.56. The van der Waals surface area contributed by atoms with Gasteiger partial charge in [-0.25, -0.2) is 8.42 Å². The smallest absolute Gasteiger partial charge is 0.246 e. The summed E-state index contributed by atoms with van der Waals surface area (Å²) in [5.74, 6) is -0.542. The van der Waals surface area contributed by atoms with E-state index < -0.39 is 15.8 Å². The first-order valence-corrected chi connectivity index (χ1v) is 6.24. The minimum absolute atomic E-state index is 0.460. The van der Waals surface area contributed by atoms with Gasteiger partial charge >= 0.3 is 0 Å². The van der Waals surface area contributed by atoms with Crippen molar-refractivity contribution in [2.75, 3.05) is 29.5 Å². The molecular weight excluding hydrogens is 226 g/mol. The molecule has 0 heterocycles. The van der Waals surface area contributed by atoms with E-state index in [9.17, 15) is 8.42 Å². The lowest BCUT2D eigenvalue weighted by Crippen LogP contribution is -2.16. The van der Waals surface area contributed by atoms with E-state index >= 15 is 0 Å². The van der Waals surface area contributed by atoms with Crippen molar-refractivity contribution in [3.05, 3.63) is 24.3 Å². The molecule has 0 aliphatic rings. The molecule has 0 bridgehead atoms. The third-order valence-corrected chi connectivity index (χ3v) is 2.95. The number of hydrogen-bond donors (Lipinski definition) is 1. The number of nitriles is 1. The number of hydrogen-bond acceptors (Lipinski definition) is 4. The highest BCUT2D eigenvalue weighted by molar-refractivity contribution is 7.92. The van der Waals surface area contributed by atoms with Crippen LogP contribution in [-0.2, 0) is 10.0 Å². The van der Waals surface area contributed by atoms with Crippen LogP contribution in [0.5, 0.6) is 0 Å². The zero-order valence-corrected chi connectivity index (χ0v) is 9.95. The highest BCUT2D eigenvalue weighted by atomic mass is 32.2. The van der Waals surface area contributed by atoms with Gasteiger partial charge in [-0.3, -0.25) is 4.72 Å². The zero-order valence-electron chi connectivity index (χ0n) is 9.14. The maximum absolute atomic E-state index is 11.3. The summed E-state index contributed by atoms with van der Waals surface area (Å²) in [5, 5.41) is 8.35. The highest BCUT2D eigenvalue weighted by Crippen LogP contribution is 2.18. The van der Waals surface area contributed by atoms with E-state index in [4.69, 9.17) is 5.26 Å². The molecule has 0 saturated carbocycles. The number of anilines is 2. The lowest BCUT2D eigenvalue weighted by Gasteiger charge is -2.13. The van der Waals surface area contributed by atoms with E-state index in [0.717, 1.165) is 5.69 Å². The summed E-state index contributed by atoms with van der Waals surface area (Å²) < 4.78 is 25.0. The molecule has 0 fully saturated rings. The lowest BCUT2D eigenvalue weighted by atomic mass is 10.3. The van der Waals surface area contributed by atoms with Crippen LogP contribution in [0.1, 0.15) is 0 Å². The molecule has 1 N–H and O–H groups in total. The molecule has 0 unspecified atom stereocenters. The molecule has 1 aromatic carbocycles. The van der Waals surface area contributed by atoms with Crippen molar-refractivity contribution in [3.63, 3.8) is 0 Å². The van der Waals surface area contributed by atoms with Crippen LogP contribution in [0, 0.1) is 11.3 Å². The first kappa shape index (κ1) is 12.3. The van der Waals surface area contributed by atoms with Crippen LogP contribution >= 0.6 is 0 Å². The Morgan fingerprint density at radius 1 is 1.44 bits per heavy atom. The van der Waals surface area contributed by atoms with Crippen LogP contribution in [0.3, 0.4) is 0 Å². The van der Waals surface area contributed by atoms with Crippen LogP contribution in [0.15, 0.2) is 24.3 Å². The summed E-state index contributed by atoms with van der Waals surface area (Å²) in [6.45, 7) is 0. The molecule has 0 aromatic heterocycles. The molecule has 0 aliphatic carbocycles. The van der Waals surface area contributed by atoms with Crippen LogP contribution in [0.4, 0.5) is 11.4 Å². The van der Waals surface area contributed by atoms with E-state index in [0.29, 0.717) is 5.69 Å². The molecule has 16 heavy (non-hydrogen) atoms. The summed E-state index contributed by atoms with van der Waals surface area (Å²) in [7, 11) is 0.171. The normalized spacial score (nSPS) is 10.6. The van der Waals surface area contributed by atoms with E-state index in [1.54, 1.807) is 24.3 Å². The third-order valence-electron chi connectivity index (χ3n) is 1.89. The number of benzene rings is 1. The Kier molecular flexibility index (Phi) is 3.74. The van der Waals surface area contributed by atoms with Gasteiger partial charge in [-0.05, 0) is 18.2 Å². The van der Waals surface area contributed by atoms with Crippen LogP contribution in [0.25, 0.3) is 0 Å². The van der Waals surface area contributed by atoms with Crippen molar-refractivity contribution in [1.82, 2.24) is 0 Å². The molecule has 0 aliphatic heterocycles. The largest absolute Gasteiger partial charge is 0.378 e. The van der Waals surface area contributed by atoms with Crippen LogP contribution in [-0.4, -0.2) is 28.3 Å². The Morgan fingerprint density at radius 2 is 2.12 bits per heavy atom. The van der Waals surface area contributed by atoms with E-state index in [1.165, 1.54) is 0 Å². The fraction of sp³-hybridized carbons (Fsp3) is 0.300. The minimum atomic E-state index is -3.56. The van der Waals surface area contributed by atoms with E-state index in [1.807, 2.05) is 25.1 Å². The van der Waals surface area contributed by atoms with Gasteiger partial charge in [-0.2, -0.15) is 5.26 Å². The van der Waals surface area contributed by atoms with Gasteiger partial charge in [0.25, 0.3) is 0 Å². The second kappa shape index (κ2) is 4.86. The van der Waals surface area contributed by atoms with Gasteiger partial charge in [0, 0.05) is 19.8 Å². The van der Waals surface area contributed by atoms with Crippen LogP contribution in [0.2, 0.25) is 0 Å². The number of rotatable bonds is 4. The van der Waals surface area contributed by atoms with Gasteiger partial charge in [0.15, 0.2) is 5.75 Å². The molecule has 6 heteroatoms. The SMILES string of the molecule is CN(C)c1cccc(NS(=O)(=O)CC#N)c1. The monoisotopic (exact) mass is 239 g/mol. The molecule has 0 atom stereocenters. The number of nitrogens with one attached hydrogen (secondary N) is 1. The molecule has 0 radical (unpaired) electrons. The predicted molar refractivity (Wildman–Crippen MR) is 63.8 cm³/mol. The summed E-state index contributed by atoms with van der Waals surface area (Å²) in [6.07, 6.45) is 0. The van der Waals surface area contributed by atoms with Gasteiger partial charge < -0.3 is 4.90 Å². The van der Waals surface area contributed by atoms with Crippen molar-refractivity contribution >= 4 is 21.4 Å². The Hall–Kier alpha value is -1.74. The maximum atomic E-state index is 11.3. The molecule has 1 aromatic rings. The van der Waals surface area contributed by atoms with Gasteiger partial charge in [-0.1, -0.05) is 6.07 Å². The third kappa shape index (κ3) is 3.44.